The molecule has 0 aromatic rings. The summed E-state index contributed by atoms with van der Waals surface area (Å²) in [5.74, 6) is 2.40. The van der Waals surface area contributed by atoms with Gasteiger partial charge in [0.1, 0.15) is 0 Å². The summed E-state index contributed by atoms with van der Waals surface area (Å²) in [6, 6.07) is 0. The van der Waals surface area contributed by atoms with E-state index in [0.717, 1.165) is 48.5 Å². The van der Waals surface area contributed by atoms with E-state index in [9.17, 15) is 15.3 Å². The number of thioether (sulfide) groups is 1. The van der Waals surface area contributed by atoms with Gasteiger partial charge in [-0.1, -0.05) is 52.0 Å². The molecule has 3 N–H and O–H groups in total. The average molecular weight is 463 g/mol. The topological polar surface area (TPSA) is 60.7 Å². The van der Waals surface area contributed by atoms with Crippen LogP contribution in [0.4, 0.5) is 0 Å². The van der Waals surface area contributed by atoms with Gasteiger partial charge in [0.25, 0.3) is 0 Å². The standard InChI is InChI=1S/C28H46O3S/c1-6-28(31,7-2)15-16-32-20(4)24-12-13-25-21(9-8-14-27(24,25)5)10-11-22-17-23(29)18-26(30)19(22)3/h10-11,20,23-26,29-31H,3,6-9,12-18H2,1-2,4-5H3/b21-10+,22-11-/t20-,23-,24-,25?,26+,27-/m1/s1. The summed E-state index contributed by atoms with van der Waals surface area (Å²) in [5.41, 5.74) is 3.20. The molecule has 0 aromatic heterocycles. The van der Waals surface area contributed by atoms with E-state index in [1.165, 1.54) is 25.7 Å². The minimum Gasteiger partial charge on any atom is -0.393 e. The first-order chi connectivity index (χ1) is 15.1. The van der Waals surface area contributed by atoms with Gasteiger partial charge < -0.3 is 15.3 Å². The lowest BCUT2D eigenvalue weighted by atomic mass is 9.63. The van der Waals surface area contributed by atoms with Gasteiger partial charge in [-0.15, -0.1) is 0 Å². The van der Waals surface area contributed by atoms with Crippen molar-refractivity contribution in [1.29, 1.82) is 0 Å². The molecule has 182 valence electrons. The molecule has 32 heavy (non-hydrogen) atoms. The summed E-state index contributed by atoms with van der Waals surface area (Å²) in [7, 11) is 0. The van der Waals surface area contributed by atoms with E-state index in [1.54, 1.807) is 5.57 Å². The fraction of sp³-hybridized carbons (Fsp3) is 0.786. The van der Waals surface area contributed by atoms with Gasteiger partial charge in [-0.05, 0) is 91.9 Å². The molecule has 3 fully saturated rings. The smallest absolute Gasteiger partial charge is 0.0811 e. The van der Waals surface area contributed by atoms with Crippen molar-refractivity contribution in [1.82, 2.24) is 0 Å². The summed E-state index contributed by atoms with van der Waals surface area (Å²) in [5, 5.41) is 31.5. The summed E-state index contributed by atoms with van der Waals surface area (Å²) in [4.78, 5) is 0. The summed E-state index contributed by atoms with van der Waals surface area (Å²) in [6.45, 7) is 13.2. The third-order valence-corrected chi connectivity index (χ3v) is 10.4. The number of hydrogen-bond donors (Lipinski definition) is 3. The number of aliphatic hydroxyl groups excluding tert-OH is 2. The van der Waals surface area contributed by atoms with Gasteiger partial charge in [0, 0.05) is 11.7 Å². The second-order valence-electron chi connectivity index (χ2n) is 10.9. The van der Waals surface area contributed by atoms with Crippen LogP contribution in [0.3, 0.4) is 0 Å². The van der Waals surface area contributed by atoms with Crippen LogP contribution in [0.1, 0.15) is 91.9 Å². The Morgan fingerprint density at radius 3 is 2.62 bits per heavy atom. The molecule has 3 aliphatic carbocycles. The van der Waals surface area contributed by atoms with E-state index >= 15 is 0 Å². The zero-order chi connectivity index (χ0) is 23.5. The van der Waals surface area contributed by atoms with E-state index in [0.29, 0.717) is 29.4 Å². The van der Waals surface area contributed by atoms with Crippen LogP contribution in [-0.2, 0) is 0 Å². The van der Waals surface area contributed by atoms with E-state index in [1.807, 2.05) is 0 Å². The van der Waals surface area contributed by atoms with Gasteiger partial charge in [-0.25, -0.2) is 0 Å². The lowest BCUT2D eigenvalue weighted by molar-refractivity contribution is 0.0296. The third-order valence-electron chi connectivity index (χ3n) is 9.13. The van der Waals surface area contributed by atoms with Crippen molar-refractivity contribution in [2.75, 3.05) is 5.75 Å². The van der Waals surface area contributed by atoms with Gasteiger partial charge in [0.2, 0.25) is 0 Å². The Labute approximate surface area is 200 Å². The SMILES string of the molecule is C=C1/C(=C\C=C2/CCC[C@@]3(C)C2CC[C@@H]3[C@@H](C)SCCC(O)(CC)CC)C[C@@H](O)C[C@@H]1O. The van der Waals surface area contributed by atoms with Crippen LogP contribution in [0.2, 0.25) is 0 Å². The Bertz CT molecular complexity index is 722. The van der Waals surface area contributed by atoms with E-state index in [-0.39, 0.29) is 0 Å². The van der Waals surface area contributed by atoms with Crippen LogP contribution >= 0.6 is 11.8 Å². The molecule has 3 saturated carbocycles. The Hall–Kier alpha value is -0.550. The maximum atomic E-state index is 10.6. The van der Waals surface area contributed by atoms with Gasteiger partial charge in [-0.3, -0.25) is 0 Å². The molecule has 3 aliphatic rings. The molecule has 0 amide bonds. The second kappa shape index (κ2) is 10.8. The minimum atomic E-state index is -0.619. The quantitative estimate of drug-likeness (QED) is 0.402. The first-order valence-corrected chi connectivity index (χ1v) is 14.0. The van der Waals surface area contributed by atoms with Crippen LogP contribution < -0.4 is 0 Å². The molecule has 3 nitrogen and oxygen atoms in total. The fourth-order valence-corrected chi connectivity index (χ4v) is 8.22. The van der Waals surface area contributed by atoms with Crippen molar-refractivity contribution in [3.8, 4) is 0 Å². The summed E-state index contributed by atoms with van der Waals surface area (Å²) in [6.07, 6.45) is 13.2. The number of aliphatic hydroxyl groups is 3. The highest BCUT2D eigenvalue weighted by atomic mass is 32.2. The van der Waals surface area contributed by atoms with Crippen LogP contribution in [-0.4, -0.2) is 44.1 Å². The van der Waals surface area contributed by atoms with Crippen molar-refractivity contribution in [2.45, 2.75) is 115 Å². The highest BCUT2D eigenvalue weighted by Gasteiger charge is 2.50. The Morgan fingerprint density at radius 2 is 1.94 bits per heavy atom. The van der Waals surface area contributed by atoms with Crippen LogP contribution in [0, 0.1) is 17.3 Å². The van der Waals surface area contributed by atoms with Gasteiger partial charge >= 0.3 is 0 Å². The molecule has 4 heteroatoms. The number of fused-ring (bicyclic) bond motifs is 1. The third kappa shape index (κ3) is 5.56. The lowest BCUT2D eigenvalue weighted by Crippen LogP contribution is -2.37. The Kier molecular flexibility index (Phi) is 8.80. The molecule has 0 aromatic carbocycles. The fourth-order valence-electron chi connectivity index (χ4n) is 6.67. The van der Waals surface area contributed by atoms with Crippen molar-refractivity contribution in [3.05, 3.63) is 35.5 Å². The van der Waals surface area contributed by atoms with E-state index < -0.39 is 17.8 Å². The highest BCUT2D eigenvalue weighted by Crippen LogP contribution is 2.59. The van der Waals surface area contributed by atoms with E-state index in [4.69, 9.17) is 0 Å². The lowest BCUT2D eigenvalue weighted by Gasteiger charge is -2.44. The Balaban J connectivity index is 1.67. The molecule has 6 atom stereocenters. The summed E-state index contributed by atoms with van der Waals surface area (Å²) >= 11 is 2.07. The maximum absolute atomic E-state index is 10.6. The van der Waals surface area contributed by atoms with E-state index in [2.05, 4.69) is 58.2 Å². The van der Waals surface area contributed by atoms with Crippen molar-refractivity contribution in [3.63, 3.8) is 0 Å². The molecule has 0 radical (unpaired) electrons. The van der Waals surface area contributed by atoms with Crippen molar-refractivity contribution >= 4 is 11.8 Å². The molecule has 0 spiro atoms. The largest absolute Gasteiger partial charge is 0.393 e. The Morgan fingerprint density at radius 1 is 1.22 bits per heavy atom. The van der Waals surface area contributed by atoms with Crippen LogP contribution in [0.15, 0.2) is 35.5 Å². The molecule has 0 aliphatic heterocycles. The van der Waals surface area contributed by atoms with Crippen molar-refractivity contribution in [2.24, 2.45) is 17.3 Å². The molecule has 3 rings (SSSR count). The predicted molar refractivity (Wildman–Crippen MR) is 137 cm³/mol. The van der Waals surface area contributed by atoms with Crippen LogP contribution in [0.5, 0.6) is 0 Å². The zero-order valence-corrected chi connectivity index (χ0v) is 21.6. The van der Waals surface area contributed by atoms with Gasteiger partial charge in [-0.2, -0.15) is 11.8 Å². The molecular formula is C28H46O3S. The van der Waals surface area contributed by atoms with Crippen molar-refractivity contribution < 1.29 is 15.3 Å². The maximum Gasteiger partial charge on any atom is 0.0811 e. The average Bonchev–Trinajstić information content (AvgIpc) is 3.12. The molecule has 1 unspecified atom stereocenters. The molecule has 0 heterocycles. The second-order valence-corrected chi connectivity index (χ2v) is 12.4. The van der Waals surface area contributed by atoms with Gasteiger partial charge in [0.05, 0.1) is 17.8 Å². The zero-order valence-electron chi connectivity index (χ0n) is 20.8. The monoisotopic (exact) mass is 462 g/mol. The predicted octanol–water partition coefficient (Wildman–Crippen LogP) is 6.19. The first kappa shape index (κ1) is 26.1. The number of allylic oxidation sites excluding steroid dienone is 3. The van der Waals surface area contributed by atoms with Crippen LogP contribution in [0.25, 0.3) is 0 Å². The minimum absolute atomic E-state index is 0.351. The molecule has 0 saturated heterocycles. The number of rotatable bonds is 8. The first-order valence-electron chi connectivity index (χ1n) is 12.9. The normalized spacial score (nSPS) is 37.2. The van der Waals surface area contributed by atoms with Gasteiger partial charge in [0.15, 0.2) is 0 Å². The molecular weight excluding hydrogens is 416 g/mol. The summed E-state index contributed by atoms with van der Waals surface area (Å²) < 4.78 is 0. The molecule has 0 bridgehead atoms. The highest BCUT2D eigenvalue weighted by molar-refractivity contribution is 7.99. The number of hydrogen-bond acceptors (Lipinski definition) is 4.